The molecule has 0 heterocycles. The van der Waals surface area contributed by atoms with Gasteiger partial charge in [0.2, 0.25) is 0 Å². The van der Waals surface area contributed by atoms with Gasteiger partial charge >= 0.3 is 0 Å². The lowest BCUT2D eigenvalue weighted by Crippen LogP contribution is -2.21. The lowest BCUT2D eigenvalue weighted by atomic mass is 9.99. The molecule has 0 N–H and O–H groups in total. The average molecular weight is 308 g/mol. The Hall–Kier alpha value is -1.76. The van der Waals surface area contributed by atoms with Crippen molar-refractivity contribution >= 4 is 0 Å². The van der Waals surface area contributed by atoms with Gasteiger partial charge in [0, 0.05) is 0 Å². The third-order valence-electron chi connectivity index (χ3n) is 5.42. The lowest BCUT2D eigenvalue weighted by molar-refractivity contribution is 0.155. The summed E-state index contributed by atoms with van der Waals surface area (Å²) < 4.78 is 6.19. The van der Waals surface area contributed by atoms with E-state index in [4.69, 9.17) is 4.74 Å². The van der Waals surface area contributed by atoms with Crippen LogP contribution in [0.1, 0.15) is 43.4 Å². The minimum absolute atomic E-state index is 0.392. The van der Waals surface area contributed by atoms with E-state index in [1.165, 1.54) is 29.5 Å². The van der Waals surface area contributed by atoms with Gasteiger partial charge in [0.1, 0.15) is 11.9 Å². The van der Waals surface area contributed by atoms with Crippen molar-refractivity contribution < 1.29 is 4.74 Å². The van der Waals surface area contributed by atoms with Crippen molar-refractivity contribution in [2.24, 2.45) is 11.8 Å². The molecule has 0 aromatic heterocycles. The van der Waals surface area contributed by atoms with Crippen molar-refractivity contribution in [2.45, 2.75) is 52.6 Å². The van der Waals surface area contributed by atoms with E-state index in [1.807, 2.05) is 0 Å². The molecule has 3 unspecified atom stereocenters. The minimum Gasteiger partial charge on any atom is -0.490 e. The number of hydrogen-bond acceptors (Lipinski definition) is 1. The van der Waals surface area contributed by atoms with Crippen LogP contribution >= 0.6 is 0 Å². The monoisotopic (exact) mass is 308 g/mol. The number of benzene rings is 2. The average Bonchev–Trinajstić information content (AvgIpc) is 2.88. The minimum atomic E-state index is 0.392. The highest BCUT2D eigenvalue weighted by molar-refractivity contribution is 5.29. The molecular weight excluding hydrogens is 280 g/mol. The van der Waals surface area contributed by atoms with Gasteiger partial charge in [0.05, 0.1) is 0 Å². The Morgan fingerprint density at radius 1 is 0.826 bits per heavy atom. The van der Waals surface area contributed by atoms with E-state index < -0.39 is 0 Å². The summed E-state index contributed by atoms with van der Waals surface area (Å²) in [6, 6.07) is 17.6. The molecule has 0 aliphatic heterocycles. The van der Waals surface area contributed by atoms with Crippen LogP contribution in [0.4, 0.5) is 0 Å². The molecule has 1 aliphatic carbocycles. The van der Waals surface area contributed by atoms with E-state index in [0.29, 0.717) is 12.0 Å². The number of rotatable bonds is 5. The number of hydrogen-bond donors (Lipinski definition) is 0. The van der Waals surface area contributed by atoms with Crippen LogP contribution in [0, 0.1) is 18.8 Å². The first kappa shape index (κ1) is 16.1. The molecule has 23 heavy (non-hydrogen) atoms. The molecule has 3 atom stereocenters. The molecule has 2 aromatic rings. The molecule has 1 aliphatic rings. The summed E-state index contributed by atoms with van der Waals surface area (Å²) in [6.45, 7) is 6.79. The Labute approximate surface area is 140 Å². The van der Waals surface area contributed by atoms with Crippen molar-refractivity contribution in [3.05, 3.63) is 65.2 Å². The summed E-state index contributed by atoms with van der Waals surface area (Å²) in [7, 11) is 0. The Kier molecular flexibility index (Phi) is 5.05. The Morgan fingerprint density at radius 3 is 1.91 bits per heavy atom. The summed E-state index contributed by atoms with van der Waals surface area (Å²) in [6.07, 6.45) is 5.05. The Morgan fingerprint density at radius 2 is 1.39 bits per heavy atom. The van der Waals surface area contributed by atoms with E-state index in [-0.39, 0.29) is 0 Å². The first-order chi connectivity index (χ1) is 11.1. The fourth-order valence-corrected chi connectivity index (χ4v) is 3.44. The van der Waals surface area contributed by atoms with Crippen molar-refractivity contribution in [2.75, 3.05) is 0 Å². The van der Waals surface area contributed by atoms with Crippen LogP contribution in [-0.4, -0.2) is 6.10 Å². The van der Waals surface area contributed by atoms with E-state index in [1.54, 1.807) is 0 Å². The van der Waals surface area contributed by atoms with Crippen LogP contribution in [0.25, 0.3) is 0 Å². The molecule has 0 radical (unpaired) electrons. The maximum absolute atomic E-state index is 6.19. The summed E-state index contributed by atoms with van der Waals surface area (Å²) in [5.74, 6) is 2.47. The molecule has 0 amide bonds. The van der Waals surface area contributed by atoms with Crippen LogP contribution in [0.2, 0.25) is 0 Å². The largest absolute Gasteiger partial charge is 0.490 e. The van der Waals surface area contributed by atoms with Gasteiger partial charge in [-0.05, 0) is 67.7 Å². The van der Waals surface area contributed by atoms with Gasteiger partial charge in [-0.15, -0.1) is 0 Å². The molecule has 1 saturated carbocycles. The zero-order valence-corrected chi connectivity index (χ0v) is 14.6. The molecule has 3 rings (SSSR count). The zero-order chi connectivity index (χ0) is 16.2. The molecule has 1 fully saturated rings. The highest BCUT2D eigenvalue weighted by atomic mass is 16.5. The van der Waals surface area contributed by atoms with Crippen LogP contribution in [-0.2, 0) is 12.8 Å². The number of aryl methyl sites for hydroxylation is 3. The van der Waals surface area contributed by atoms with E-state index in [0.717, 1.165) is 24.5 Å². The third-order valence-corrected chi connectivity index (χ3v) is 5.42. The van der Waals surface area contributed by atoms with Gasteiger partial charge in [0.25, 0.3) is 0 Å². The first-order valence-electron chi connectivity index (χ1n) is 8.93. The van der Waals surface area contributed by atoms with Gasteiger partial charge in [-0.2, -0.15) is 0 Å². The maximum Gasteiger partial charge on any atom is 0.119 e. The fraction of sp³-hybridized carbons (Fsp3) is 0.455. The van der Waals surface area contributed by atoms with Crippen LogP contribution in [0.3, 0.4) is 0 Å². The highest BCUT2D eigenvalue weighted by Gasteiger charge is 2.31. The quantitative estimate of drug-likeness (QED) is 0.699. The highest BCUT2D eigenvalue weighted by Crippen LogP contribution is 2.34. The van der Waals surface area contributed by atoms with Gasteiger partial charge in [0.15, 0.2) is 0 Å². The van der Waals surface area contributed by atoms with Gasteiger partial charge < -0.3 is 4.74 Å². The molecule has 2 aromatic carbocycles. The van der Waals surface area contributed by atoms with Crippen molar-refractivity contribution in [1.29, 1.82) is 0 Å². The maximum atomic E-state index is 6.19. The second-order valence-electron chi connectivity index (χ2n) is 7.20. The topological polar surface area (TPSA) is 9.23 Å². The van der Waals surface area contributed by atoms with Gasteiger partial charge in [-0.3, -0.25) is 0 Å². The van der Waals surface area contributed by atoms with Crippen LogP contribution in [0.5, 0.6) is 5.75 Å². The molecule has 0 bridgehead atoms. The Balaban J connectivity index is 1.53. The first-order valence-corrected chi connectivity index (χ1v) is 8.93. The van der Waals surface area contributed by atoms with Gasteiger partial charge in [-0.25, -0.2) is 0 Å². The predicted molar refractivity (Wildman–Crippen MR) is 97.0 cm³/mol. The molecular formula is C22H28O. The summed E-state index contributed by atoms with van der Waals surface area (Å²) >= 11 is 0. The van der Waals surface area contributed by atoms with Crippen molar-refractivity contribution in [3.8, 4) is 5.75 Å². The van der Waals surface area contributed by atoms with E-state index >= 15 is 0 Å². The molecule has 1 heteroatoms. The van der Waals surface area contributed by atoms with Crippen molar-refractivity contribution in [1.82, 2.24) is 0 Å². The summed E-state index contributed by atoms with van der Waals surface area (Å²) in [5.41, 5.74) is 4.11. The van der Waals surface area contributed by atoms with E-state index in [9.17, 15) is 0 Å². The summed E-state index contributed by atoms with van der Waals surface area (Å²) in [5, 5.41) is 0. The molecule has 0 spiro atoms. The fourth-order valence-electron chi connectivity index (χ4n) is 3.44. The number of ether oxygens (including phenoxy) is 1. The SMILES string of the molecule is Cc1ccc(CCc2ccc(OC3CCC(C)C3C)cc2)cc1. The molecule has 0 saturated heterocycles. The second kappa shape index (κ2) is 7.21. The summed E-state index contributed by atoms with van der Waals surface area (Å²) in [4.78, 5) is 0. The Bertz CT molecular complexity index is 611. The molecule has 1 nitrogen and oxygen atoms in total. The molecule has 122 valence electrons. The second-order valence-corrected chi connectivity index (χ2v) is 7.20. The van der Waals surface area contributed by atoms with Crippen molar-refractivity contribution in [3.63, 3.8) is 0 Å². The standard InChI is InChI=1S/C22H28O/c1-16-4-7-19(8-5-16)9-10-20-11-13-21(14-12-20)23-22-15-6-17(2)18(22)3/h4-5,7-8,11-14,17-18,22H,6,9-10,15H2,1-3H3. The normalized spacial score (nSPS) is 23.9. The van der Waals surface area contributed by atoms with E-state index in [2.05, 4.69) is 69.3 Å². The van der Waals surface area contributed by atoms with Crippen LogP contribution < -0.4 is 4.74 Å². The lowest BCUT2D eigenvalue weighted by Gasteiger charge is -2.20. The van der Waals surface area contributed by atoms with Gasteiger partial charge in [-0.1, -0.05) is 55.8 Å². The smallest absolute Gasteiger partial charge is 0.119 e. The van der Waals surface area contributed by atoms with Crippen LogP contribution in [0.15, 0.2) is 48.5 Å². The third kappa shape index (κ3) is 4.16. The zero-order valence-electron chi connectivity index (χ0n) is 14.6. The predicted octanol–water partition coefficient (Wildman–Crippen LogP) is 5.59.